The van der Waals surface area contributed by atoms with Gasteiger partial charge in [0.15, 0.2) is 17.3 Å². The van der Waals surface area contributed by atoms with Crippen molar-refractivity contribution >= 4 is 23.3 Å². The van der Waals surface area contributed by atoms with Gasteiger partial charge < -0.3 is 125 Å². The second-order valence-electron chi connectivity index (χ2n) is 21.5. The van der Waals surface area contributed by atoms with Gasteiger partial charge in [-0.05, 0) is 32.9 Å². The Morgan fingerprint density at radius 3 is 0.990 bits per heavy atom. The van der Waals surface area contributed by atoms with E-state index < -0.39 is 29.4 Å². The molecule has 0 fully saturated rings. The number of ether oxygens (including phenoxy) is 23. The Balaban J connectivity index is 0.789. The maximum atomic E-state index is 13.8. The van der Waals surface area contributed by atoms with E-state index in [-0.39, 0.29) is 59.1 Å². The first kappa shape index (κ1) is 85.4. The number of carbonyl (C=O) groups is 3. The van der Waals surface area contributed by atoms with Gasteiger partial charge in [-0.1, -0.05) is 42.5 Å². The Morgan fingerprint density at radius 1 is 0.367 bits per heavy atom. The van der Waals surface area contributed by atoms with E-state index in [1.54, 1.807) is 56.5 Å². The fourth-order valence-electron chi connectivity index (χ4n) is 8.54. The fourth-order valence-corrected chi connectivity index (χ4v) is 8.54. The number of benzene rings is 3. The average Bonchev–Trinajstić information content (AvgIpc) is 0.738. The normalized spacial score (nSPS) is 13.0. The lowest BCUT2D eigenvalue weighted by Crippen LogP contribution is -2.40. The van der Waals surface area contributed by atoms with Gasteiger partial charge in [-0.3, -0.25) is 9.59 Å². The molecule has 0 spiro atoms. The van der Waals surface area contributed by atoms with Gasteiger partial charge in [-0.15, -0.1) is 0 Å². The summed E-state index contributed by atoms with van der Waals surface area (Å²) in [5.41, 5.74) is -0.140. The smallest absolute Gasteiger partial charge is 0.319 e. The van der Waals surface area contributed by atoms with Crippen LogP contribution in [0.4, 0.5) is 10.5 Å². The number of phenols is 1. The maximum absolute atomic E-state index is 13.8. The van der Waals surface area contributed by atoms with E-state index >= 15 is 0 Å². The van der Waals surface area contributed by atoms with Crippen molar-refractivity contribution in [3.8, 4) is 17.2 Å². The molecular weight excluding hydrogens is 1290 g/mol. The van der Waals surface area contributed by atoms with Crippen molar-refractivity contribution in [3.05, 3.63) is 82.9 Å². The number of carbonyl (C=O) groups excluding carboxylic acids is 3. The van der Waals surface area contributed by atoms with Gasteiger partial charge in [-0.2, -0.15) is 0 Å². The van der Waals surface area contributed by atoms with Crippen molar-refractivity contribution in [2.45, 2.75) is 39.0 Å². The van der Waals surface area contributed by atoms with Crippen LogP contribution in [0, 0.1) is 0 Å². The number of methoxy groups -OCH3 is 1. The second kappa shape index (κ2) is 59.7. The third-order valence-corrected chi connectivity index (χ3v) is 13.5. The summed E-state index contributed by atoms with van der Waals surface area (Å²) in [6, 6.07) is 15.0. The molecule has 0 saturated carbocycles. The monoisotopic (exact) mass is 1400 g/mol. The van der Waals surface area contributed by atoms with Crippen molar-refractivity contribution in [1.29, 1.82) is 0 Å². The molecule has 3 N–H and O–H groups in total. The highest BCUT2D eigenvalue weighted by atomic mass is 16.6. The van der Waals surface area contributed by atoms with Crippen LogP contribution in [-0.2, 0) is 104 Å². The molecule has 1 aliphatic carbocycles. The minimum atomic E-state index is -0.679. The minimum Gasteiger partial charge on any atom is -0.507 e. The number of hydrogen-bond donors (Lipinski definition) is 3. The molecule has 0 radical (unpaired) electrons. The summed E-state index contributed by atoms with van der Waals surface area (Å²) in [5.74, 6) is -1.17. The van der Waals surface area contributed by atoms with Gasteiger partial charge in [0.25, 0.3) is 0 Å². The van der Waals surface area contributed by atoms with Gasteiger partial charge in [0.1, 0.15) is 11.5 Å². The SMILES string of the molecule is COCCOCCOCCOCCOCCOCCOCCOCCOCCOCCOCCOCCOCCOCCOCCOCCOCCOCCOCCOCC(C)OCC(C)OCC(C)NC(=O)Nc1c(Oc2ccccc2)cc(O)c2c1C(=O)c1ccccc1C2=O. The van der Waals surface area contributed by atoms with Crippen LogP contribution in [0.5, 0.6) is 17.2 Å². The molecule has 0 aliphatic heterocycles. The zero-order valence-electron chi connectivity index (χ0n) is 58.1. The number of amides is 2. The van der Waals surface area contributed by atoms with Gasteiger partial charge in [0.2, 0.25) is 0 Å². The zero-order chi connectivity index (χ0) is 69.8. The minimum absolute atomic E-state index is 0.0203. The number of nitrogens with one attached hydrogen (secondary N) is 2. The highest BCUT2D eigenvalue weighted by molar-refractivity contribution is 6.32. The summed E-state index contributed by atoms with van der Waals surface area (Å²) < 4.78 is 128. The van der Waals surface area contributed by atoms with Crippen molar-refractivity contribution in [3.63, 3.8) is 0 Å². The Labute approximate surface area is 577 Å². The number of anilines is 1. The lowest BCUT2D eigenvalue weighted by Gasteiger charge is -2.24. The molecule has 558 valence electrons. The number of rotatable bonds is 69. The highest BCUT2D eigenvalue weighted by Gasteiger charge is 2.37. The van der Waals surface area contributed by atoms with Gasteiger partial charge >= 0.3 is 6.03 Å². The summed E-state index contributed by atoms with van der Waals surface area (Å²) in [4.78, 5) is 40.8. The summed E-state index contributed by atoms with van der Waals surface area (Å²) in [5, 5.41) is 16.5. The van der Waals surface area contributed by atoms with Crippen molar-refractivity contribution in [2.75, 3.05) is 283 Å². The molecule has 0 saturated heterocycles. The lowest BCUT2D eigenvalue weighted by molar-refractivity contribution is -0.0659. The second-order valence-corrected chi connectivity index (χ2v) is 21.5. The summed E-state index contributed by atoms with van der Waals surface area (Å²) in [7, 11) is 1.64. The van der Waals surface area contributed by atoms with E-state index in [0.717, 1.165) is 0 Å². The Kier molecular flexibility index (Phi) is 52.0. The van der Waals surface area contributed by atoms with Crippen molar-refractivity contribution in [2.24, 2.45) is 0 Å². The quantitative estimate of drug-likeness (QED) is 0.0376. The first-order chi connectivity index (χ1) is 48.2. The molecule has 3 aromatic carbocycles. The topological polar surface area (TPSA) is 308 Å². The van der Waals surface area contributed by atoms with E-state index in [2.05, 4.69) is 10.6 Å². The standard InChI is InChI=1S/C69H110N2O27/c1-56(70-69(75)71-66-63(98-59-10-6-5-7-11-59)52-62(72)64-65(66)68(74)61-13-9-8-12-60(61)67(64)73)53-96-58(3)55-97-57(2)54-95-51-50-94-49-48-93-47-46-92-45-44-91-43-42-90-41-40-89-39-38-88-37-36-87-35-34-86-33-32-85-31-30-84-29-28-83-27-26-82-25-24-81-23-22-80-21-20-79-19-18-78-17-16-77-15-14-76-4/h5-13,52,56-58,72H,14-51,53-55H2,1-4H3,(H2,70,71,75). The van der Waals surface area contributed by atoms with Crippen LogP contribution >= 0.6 is 0 Å². The van der Waals surface area contributed by atoms with E-state index in [0.29, 0.717) is 263 Å². The maximum Gasteiger partial charge on any atom is 0.319 e. The number of ketones is 2. The fraction of sp³-hybridized carbons (Fsp3) is 0.696. The van der Waals surface area contributed by atoms with Crippen LogP contribution in [0.25, 0.3) is 0 Å². The van der Waals surface area contributed by atoms with E-state index in [9.17, 15) is 19.5 Å². The molecular formula is C69H110N2O27. The van der Waals surface area contributed by atoms with Crippen LogP contribution in [0.1, 0.15) is 52.6 Å². The lowest BCUT2D eigenvalue weighted by atomic mass is 9.82. The zero-order valence-corrected chi connectivity index (χ0v) is 58.1. The van der Waals surface area contributed by atoms with Crippen molar-refractivity contribution < 1.29 is 128 Å². The number of urea groups is 1. The van der Waals surface area contributed by atoms with Crippen LogP contribution in [0.2, 0.25) is 0 Å². The van der Waals surface area contributed by atoms with Gasteiger partial charge in [0, 0.05) is 24.3 Å². The average molecular weight is 1400 g/mol. The largest absolute Gasteiger partial charge is 0.507 e. The number of aromatic hydroxyl groups is 1. The van der Waals surface area contributed by atoms with Crippen molar-refractivity contribution in [1.82, 2.24) is 5.32 Å². The molecule has 29 nitrogen and oxygen atoms in total. The molecule has 4 rings (SSSR count). The number of fused-ring (bicyclic) bond motifs is 2. The van der Waals surface area contributed by atoms with Crippen LogP contribution in [-0.4, -0.2) is 319 Å². The van der Waals surface area contributed by atoms with Crippen LogP contribution in [0.3, 0.4) is 0 Å². The molecule has 3 aromatic rings. The molecule has 2 amide bonds. The molecule has 0 aromatic heterocycles. The molecule has 1 aliphatic rings. The Hall–Kier alpha value is -5.01. The molecule has 3 unspecified atom stereocenters. The molecule has 3 atom stereocenters. The number of phenolic OH excluding ortho intramolecular Hbond substituents is 1. The van der Waals surface area contributed by atoms with E-state index in [1.165, 1.54) is 18.2 Å². The predicted octanol–water partition coefficient (Wildman–Crippen LogP) is 5.24. The number of para-hydroxylation sites is 1. The van der Waals surface area contributed by atoms with Crippen LogP contribution in [0.15, 0.2) is 60.7 Å². The third kappa shape index (κ3) is 42.3. The molecule has 0 heterocycles. The Morgan fingerprint density at radius 2 is 0.653 bits per heavy atom. The number of hydrogen-bond acceptors (Lipinski definition) is 27. The van der Waals surface area contributed by atoms with Gasteiger partial charge in [-0.25, -0.2) is 4.79 Å². The summed E-state index contributed by atoms with van der Waals surface area (Å²) in [6.45, 7) is 24.5. The third-order valence-electron chi connectivity index (χ3n) is 13.5. The first-order valence-electron chi connectivity index (χ1n) is 33.8. The summed E-state index contributed by atoms with van der Waals surface area (Å²) in [6.07, 6.45) is -0.516. The van der Waals surface area contributed by atoms with Gasteiger partial charge in [0.05, 0.1) is 306 Å². The van der Waals surface area contributed by atoms with E-state index in [1.807, 2.05) is 13.8 Å². The Bertz CT molecular complexity index is 2440. The molecule has 98 heavy (non-hydrogen) atoms. The highest BCUT2D eigenvalue weighted by Crippen LogP contribution is 2.44. The molecule has 0 bridgehead atoms. The predicted molar refractivity (Wildman–Crippen MR) is 358 cm³/mol. The first-order valence-corrected chi connectivity index (χ1v) is 33.8. The summed E-state index contributed by atoms with van der Waals surface area (Å²) >= 11 is 0. The van der Waals surface area contributed by atoms with E-state index in [4.69, 9.17) is 109 Å². The van der Waals surface area contributed by atoms with Crippen LogP contribution < -0.4 is 15.4 Å². The molecule has 29 heteroatoms.